The van der Waals surface area contributed by atoms with Crippen LogP contribution in [0.3, 0.4) is 0 Å². The molecule has 0 aromatic carbocycles. The van der Waals surface area contributed by atoms with E-state index in [0.29, 0.717) is 12.3 Å². The highest BCUT2D eigenvalue weighted by atomic mass is 16.5. The molecule has 1 rings (SSSR count). The van der Waals surface area contributed by atoms with Gasteiger partial charge >= 0.3 is 0 Å². The van der Waals surface area contributed by atoms with Crippen LogP contribution in [-0.2, 0) is 14.2 Å². The third kappa shape index (κ3) is 5.97. The predicted octanol–water partition coefficient (Wildman–Crippen LogP) is 1.88. The maximum Gasteiger partial charge on any atom is 0.0862 e. The number of hydrogen-bond acceptors (Lipinski definition) is 5. The van der Waals surface area contributed by atoms with Crippen LogP contribution in [0.5, 0.6) is 0 Å². The fraction of sp³-hybridized carbons (Fsp3) is 0.882. The summed E-state index contributed by atoms with van der Waals surface area (Å²) in [5.41, 5.74) is 6.65. The van der Waals surface area contributed by atoms with Gasteiger partial charge in [-0.2, -0.15) is 0 Å². The molecule has 0 aliphatic carbocycles. The second-order valence-corrected chi connectivity index (χ2v) is 6.41. The molecule has 5 nitrogen and oxygen atoms in total. The second-order valence-electron chi connectivity index (χ2n) is 6.41. The minimum absolute atomic E-state index is 0.000348. The first-order chi connectivity index (χ1) is 10.4. The van der Waals surface area contributed by atoms with Gasteiger partial charge in [0, 0.05) is 33.1 Å². The zero-order chi connectivity index (χ0) is 16.7. The SMILES string of the molecule is C=C1[C@H](C)CCO[C@@H]1CC(C)O[C@H](C[C@H](O)CN)[C@@H](C)OC. The Kier molecular flexibility index (Phi) is 8.57. The summed E-state index contributed by atoms with van der Waals surface area (Å²) in [6.07, 6.45) is 1.47. The molecule has 130 valence electrons. The Hall–Kier alpha value is -0.460. The Morgan fingerprint density at radius 3 is 2.73 bits per heavy atom. The number of methoxy groups -OCH3 is 1. The van der Waals surface area contributed by atoms with Crippen LogP contribution in [0.1, 0.15) is 40.0 Å². The molecule has 0 spiro atoms. The van der Waals surface area contributed by atoms with Crippen molar-refractivity contribution in [3.8, 4) is 0 Å². The topological polar surface area (TPSA) is 73.9 Å². The summed E-state index contributed by atoms with van der Waals surface area (Å²) in [5, 5.41) is 9.78. The van der Waals surface area contributed by atoms with E-state index in [1.54, 1.807) is 7.11 Å². The molecule has 1 aliphatic rings. The first-order valence-corrected chi connectivity index (χ1v) is 8.25. The van der Waals surface area contributed by atoms with Crippen molar-refractivity contribution in [2.75, 3.05) is 20.3 Å². The minimum Gasteiger partial charge on any atom is -0.392 e. The van der Waals surface area contributed by atoms with Gasteiger partial charge in [-0.1, -0.05) is 13.5 Å². The van der Waals surface area contributed by atoms with Crippen LogP contribution in [-0.4, -0.2) is 55.9 Å². The molecule has 3 N–H and O–H groups in total. The van der Waals surface area contributed by atoms with E-state index >= 15 is 0 Å². The standard InChI is InChI=1S/C17H33NO4/c1-11-6-7-21-16(13(11)3)8-12(2)22-17(14(4)20-5)9-15(19)10-18/h11-12,14-17,19H,3,6-10,18H2,1-2,4-5H3/t11-,12?,14-,15+,16-,17-/m1/s1. The summed E-state index contributed by atoms with van der Waals surface area (Å²) >= 11 is 0. The highest BCUT2D eigenvalue weighted by Crippen LogP contribution is 2.28. The van der Waals surface area contributed by atoms with Crippen LogP contribution in [0, 0.1) is 5.92 Å². The second kappa shape index (κ2) is 9.63. The van der Waals surface area contributed by atoms with Gasteiger partial charge in [-0.15, -0.1) is 0 Å². The van der Waals surface area contributed by atoms with Gasteiger partial charge in [0.2, 0.25) is 0 Å². The van der Waals surface area contributed by atoms with Crippen LogP contribution < -0.4 is 5.73 Å². The summed E-state index contributed by atoms with van der Waals surface area (Å²) < 4.78 is 17.3. The first-order valence-electron chi connectivity index (χ1n) is 8.25. The van der Waals surface area contributed by atoms with Gasteiger partial charge in [-0.05, 0) is 31.8 Å². The number of aliphatic hydroxyl groups excluding tert-OH is 1. The lowest BCUT2D eigenvalue weighted by molar-refractivity contribution is -0.107. The highest BCUT2D eigenvalue weighted by Gasteiger charge is 2.28. The third-order valence-corrected chi connectivity index (χ3v) is 4.54. The van der Waals surface area contributed by atoms with Gasteiger partial charge in [-0.3, -0.25) is 0 Å². The van der Waals surface area contributed by atoms with Crippen molar-refractivity contribution in [2.45, 2.75) is 70.6 Å². The number of hydrogen-bond donors (Lipinski definition) is 2. The molecule has 0 saturated carbocycles. The maximum absolute atomic E-state index is 9.78. The molecule has 1 unspecified atom stereocenters. The zero-order valence-corrected chi connectivity index (χ0v) is 14.5. The fourth-order valence-electron chi connectivity index (χ4n) is 2.75. The molecule has 1 heterocycles. The Balaban J connectivity index is 2.54. The van der Waals surface area contributed by atoms with Crippen LogP contribution in [0.2, 0.25) is 0 Å². The van der Waals surface area contributed by atoms with E-state index in [2.05, 4.69) is 13.5 Å². The lowest BCUT2D eigenvalue weighted by atomic mass is 9.90. The van der Waals surface area contributed by atoms with Gasteiger partial charge < -0.3 is 25.1 Å². The fourth-order valence-corrected chi connectivity index (χ4v) is 2.75. The molecular formula is C17H33NO4. The van der Waals surface area contributed by atoms with Crippen LogP contribution in [0.25, 0.3) is 0 Å². The van der Waals surface area contributed by atoms with Gasteiger partial charge in [0.05, 0.1) is 30.5 Å². The zero-order valence-electron chi connectivity index (χ0n) is 14.5. The molecule has 5 heteroatoms. The summed E-state index contributed by atoms with van der Waals surface area (Å²) in [4.78, 5) is 0. The quantitative estimate of drug-likeness (QED) is 0.636. The van der Waals surface area contributed by atoms with Gasteiger partial charge in [-0.25, -0.2) is 0 Å². The van der Waals surface area contributed by atoms with Crippen molar-refractivity contribution in [1.29, 1.82) is 0 Å². The normalized spacial score (nSPS) is 28.2. The van der Waals surface area contributed by atoms with E-state index in [-0.39, 0.29) is 31.0 Å². The van der Waals surface area contributed by atoms with E-state index in [1.165, 1.54) is 0 Å². The van der Waals surface area contributed by atoms with Crippen molar-refractivity contribution in [1.82, 2.24) is 0 Å². The molecule has 0 aromatic rings. The van der Waals surface area contributed by atoms with E-state index in [4.69, 9.17) is 19.9 Å². The molecule has 6 atom stereocenters. The summed E-state index contributed by atoms with van der Waals surface area (Å²) in [5.74, 6) is 0.499. The molecule has 0 radical (unpaired) electrons. The van der Waals surface area contributed by atoms with Crippen LogP contribution in [0.15, 0.2) is 12.2 Å². The minimum atomic E-state index is -0.573. The van der Waals surface area contributed by atoms with E-state index < -0.39 is 6.10 Å². The molecule has 0 bridgehead atoms. The largest absolute Gasteiger partial charge is 0.392 e. The summed E-state index contributed by atoms with van der Waals surface area (Å²) in [6, 6.07) is 0. The average Bonchev–Trinajstić information content (AvgIpc) is 2.50. The molecule has 1 aliphatic heterocycles. The monoisotopic (exact) mass is 315 g/mol. The Bertz CT molecular complexity index is 337. The highest BCUT2D eigenvalue weighted by molar-refractivity contribution is 5.09. The number of rotatable bonds is 9. The van der Waals surface area contributed by atoms with E-state index in [9.17, 15) is 5.11 Å². The molecule has 0 amide bonds. The first kappa shape index (κ1) is 19.6. The number of nitrogens with two attached hydrogens (primary N) is 1. The number of ether oxygens (including phenoxy) is 3. The molecular weight excluding hydrogens is 282 g/mol. The summed E-state index contributed by atoms with van der Waals surface area (Å²) in [6.45, 7) is 11.3. The van der Waals surface area contributed by atoms with Crippen LogP contribution >= 0.6 is 0 Å². The van der Waals surface area contributed by atoms with Crippen LogP contribution in [0.4, 0.5) is 0 Å². The Labute approximate surface area is 134 Å². The predicted molar refractivity (Wildman–Crippen MR) is 87.8 cm³/mol. The average molecular weight is 315 g/mol. The smallest absolute Gasteiger partial charge is 0.0862 e. The van der Waals surface area contributed by atoms with Gasteiger partial charge in [0.1, 0.15) is 0 Å². The Morgan fingerprint density at radius 1 is 1.45 bits per heavy atom. The van der Waals surface area contributed by atoms with Crippen molar-refractivity contribution < 1.29 is 19.3 Å². The van der Waals surface area contributed by atoms with Crippen molar-refractivity contribution >= 4 is 0 Å². The van der Waals surface area contributed by atoms with Gasteiger partial charge in [0.25, 0.3) is 0 Å². The van der Waals surface area contributed by atoms with Crippen molar-refractivity contribution in [3.05, 3.63) is 12.2 Å². The van der Waals surface area contributed by atoms with E-state index in [0.717, 1.165) is 25.0 Å². The molecule has 22 heavy (non-hydrogen) atoms. The van der Waals surface area contributed by atoms with Gasteiger partial charge in [0.15, 0.2) is 0 Å². The maximum atomic E-state index is 9.78. The lowest BCUT2D eigenvalue weighted by Crippen LogP contribution is -2.38. The van der Waals surface area contributed by atoms with Crippen molar-refractivity contribution in [2.24, 2.45) is 11.7 Å². The molecule has 1 fully saturated rings. The molecule has 0 aromatic heterocycles. The summed E-state index contributed by atoms with van der Waals surface area (Å²) in [7, 11) is 1.65. The number of aliphatic hydroxyl groups is 1. The van der Waals surface area contributed by atoms with E-state index in [1.807, 2.05) is 13.8 Å². The lowest BCUT2D eigenvalue weighted by Gasteiger charge is -2.34. The third-order valence-electron chi connectivity index (χ3n) is 4.54. The molecule has 1 saturated heterocycles. The Morgan fingerprint density at radius 2 is 2.14 bits per heavy atom. The van der Waals surface area contributed by atoms with Crippen molar-refractivity contribution in [3.63, 3.8) is 0 Å².